The predicted octanol–water partition coefficient (Wildman–Crippen LogP) is 3.48. The van der Waals surface area contributed by atoms with Gasteiger partial charge in [0.1, 0.15) is 17.1 Å². The second kappa shape index (κ2) is 5.65. The Kier molecular flexibility index (Phi) is 4.28. The summed E-state index contributed by atoms with van der Waals surface area (Å²) in [5.74, 6) is 2.02. The smallest absolute Gasteiger partial charge is 0.127 e. The van der Waals surface area contributed by atoms with Gasteiger partial charge in [-0.25, -0.2) is 0 Å². The van der Waals surface area contributed by atoms with E-state index in [2.05, 4.69) is 27.7 Å². The molecular weight excluding hydrogens is 252 g/mol. The van der Waals surface area contributed by atoms with Crippen molar-refractivity contribution in [3.63, 3.8) is 0 Å². The molecule has 1 heterocycles. The Bertz CT molecular complexity index is 508. The SMILES string of the molecule is COc1c(C)c(C)c2c(c1C)CCC(C)(CCCO)O2. The van der Waals surface area contributed by atoms with Crippen LogP contribution in [0.25, 0.3) is 0 Å². The highest BCUT2D eigenvalue weighted by Crippen LogP contribution is 2.44. The van der Waals surface area contributed by atoms with Gasteiger partial charge < -0.3 is 14.6 Å². The summed E-state index contributed by atoms with van der Waals surface area (Å²) in [7, 11) is 1.73. The second-order valence-corrected chi connectivity index (χ2v) is 6.10. The molecule has 1 N–H and O–H groups in total. The predicted molar refractivity (Wildman–Crippen MR) is 80.9 cm³/mol. The summed E-state index contributed by atoms with van der Waals surface area (Å²) in [5.41, 5.74) is 4.67. The van der Waals surface area contributed by atoms with E-state index in [0.29, 0.717) is 0 Å². The maximum absolute atomic E-state index is 9.05. The summed E-state index contributed by atoms with van der Waals surface area (Å²) >= 11 is 0. The third-order valence-electron chi connectivity index (χ3n) is 4.63. The first kappa shape index (κ1) is 15.2. The van der Waals surface area contributed by atoms with Crippen molar-refractivity contribution in [1.29, 1.82) is 0 Å². The van der Waals surface area contributed by atoms with Crippen molar-refractivity contribution in [3.05, 3.63) is 22.3 Å². The lowest BCUT2D eigenvalue weighted by atomic mass is 9.85. The fourth-order valence-electron chi connectivity index (χ4n) is 3.22. The van der Waals surface area contributed by atoms with Crippen molar-refractivity contribution in [2.45, 2.75) is 59.0 Å². The van der Waals surface area contributed by atoms with Gasteiger partial charge in [0.15, 0.2) is 0 Å². The third-order valence-corrected chi connectivity index (χ3v) is 4.63. The number of ether oxygens (including phenoxy) is 2. The molecule has 0 aliphatic carbocycles. The summed E-state index contributed by atoms with van der Waals surface area (Å²) in [6.45, 7) is 8.69. The van der Waals surface area contributed by atoms with E-state index in [1.165, 1.54) is 16.7 Å². The van der Waals surface area contributed by atoms with Gasteiger partial charge in [0.25, 0.3) is 0 Å². The Morgan fingerprint density at radius 3 is 2.50 bits per heavy atom. The maximum Gasteiger partial charge on any atom is 0.127 e. The van der Waals surface area contributed by atoms with Crippen LogP contribution < -0.4 is 9.47 Å². The molecule has 2 rings (SSSR count). The highest BCUT2D eigenvalue weighted by molar-refractivity contribution is 5.58. The van der Waals surface area contributed by atoms with Crippen LogP contribution >= 0.6 is 0 Å². The van der Waals surface area contributed by atoms with Gasteiger partial charge in [-0.1, -0.05) is 0 Å². The van der Waals surface area contributed by atoms with Gasteiger partial charge in [-0.05, 0) is 70.1 Å². The van der Waals surface area contributed by atoms with Crippen molar-refractivity contribution in [2.24, 2.45) is 0 Å². The summed E-state index contributed by atoms with van der Waals surface area (Å²) in [6, 6.07) is 0. The van der Waals surface area contributed by atoms with Crippen molar-refractivity contribution in [1.82, 2.24) is 0 Å². The van der Waals surface area contributed by atoms with Crippen LogP contribution in [-0.2, 0) is 6.42 Å². The van der Waals surface area contributed by atoms with Crippen LogP contribution in [0.2, 0.25) is 0 Å². The number of aliphatic hydroxyl groups is 1. The Morgan fingerprint density at radius 2 is 1.90 bits per heavy atom. The molecule has 3 heteroatoms. The molecule has 0 spiro atoms. The van der Waals surface area contributed by atoms with E-state index in [9.17, 15) is 0 Å². The molecule has 1 unspecified atom stereocenters. The van der Waals surface area contributed by atoms with Crippen LogP contribution in [-0.4, -0.2) is 24.4 Å². The number of benzene rings is 1. The molecular formula is C17H26O3. The van der Waals surface area contributed by atoms with Crippen molar-refractivity contribution in [3.8, 4) is 11.5 Å². The minimum atomic E-state index is -0.159. The largest absolute Gasteiger partial charge is 0.496 e. The Balaban J connectivity index is 2.42. The maximum atomic E-state index is 9.05. The first-order chi connectivity index (χ1) is 9.43. The van der Waals surface area contributed by atoms with Crippen LogP contribution in [0.1, 0.15) is 48.4 Å². The zero-order valence-corrected chi connectivity index (χ0v) is 13.3. The summed E-state index contributed by atoms with van der Waals surface area (Å²) < 4.78 is 11.9. The lowest BCUT2D eigenvalue weighted by Crippen LogP contribution is -2.37. The number of hydrogen-bond donors (Lipinski definition) is 1. The average molecular weight is 278 g/mol. The van der Waals surface area contributed by atoms with Gasteiger partial charge >= 0.3 is 0 Å². The molecule has 0 saturated carbocycles. The van der Waals surface area contributed by atoms with Crippen LogP contribution in [0, 0.1) is 20.8 Å². The van der Waals surface area contributed by atoms with E-state index in [-0.39, 0.29) is 12.2 Å². The monoisotopic (exact) mass is 278 g/mol. The average Bonchev–Trinajstić information content (AvgIpc) is 2.43. The highest BCUT2D eigenvalue weighted by Gasteiger charge is 2.34. The van der Waals surface area contributed by atoms with E-state index in [1.807, 2.05) is 0 Å². The number of rotatable bonds is 4. The zero-order valence-electron chi connectivity index (χ0n) is 13.3. The summed E-state index contributed by atoms with van der Waals surface area (Å²) in [6.07, 6.45) is 3.69. The molecule has 0 radical (unpaired) electrons. The molecule has 0 aromatic heterocycles. The first-order valence-corrected chi connectivity index (χ1v) is 7.40. The fourth-order valence-corrected chi connectivity index (χ4v) is 3.22. The number of methoxy groups -OCH3 is 1. The molecule has 1 aliphatic rings. The Morgan fingerprint density at radius 1 is 1.20 bits per heavy atom. The van der Waals surface area contributed by atoms with E-state index in [1.54, 1.807) is 7.11 Å². The molecule has 0 saturated heterocycles. The van der Waals surface area contributed by atoms with Gasteiger partial charge in [-0.15, -0.1) is 0 Å². The molecule has 0 amide bonds. The van der Waals surface area contributed by atoms with E-state index in [4.69, 9.17) is 14.6 Å². The molecule has 1 aliphatic heterocycles. The topological polar surface area (TPSA) is 38.7 Å². The van der Waals surface area contributed by atoms with Gasteiger partial charge in [0, 0.05) is 12.2 Å². The highest BCUT2D eigenvalue weighted by atomic mass is 16.5. The molecule has 20 heavy (non-hydrogen) atoms. The van der Waals surface area contributed by atoms with Crippen molar-refractivity contribution >= 4 is 0 Å². The van der Waals surface area contributed by atoms with Crippen molar-refractivity contribution in [2.75, 3.05) is 13.7 Å². The van der Waals surface area contributed by atoms with E-state index < -0.39 is 0 Å². The van der Waals surface area contributed by atoms with Crippen LogP contribution in [0.5, 0.6) is 11.5 Å². The van der Waals surface area contributed by atoms with Gasteiger partial charge in [-0.3, -0.25) is 0 Å². The molecule has 1 atom stereocenters. The van der Waals surface area contributed by atoms with Gasteiger partial charge in [0.05, 0.1) is 7.11 Å². The Labute approximate surface area is 121 Å². The number of hydrogen-bond acceptors (Lipinski definition) is 3. The molecule has 1 aromatic carbocycles. The second-order valence-electron chi connectivity index (χ2n) is 6.10. The minimum absolute atomic E-state index is 0.159. The lowest BCUT2D eigenvalue weighted by Gasteiger charge is -2.38. The molecule has 112 valence electrons. The van der Waals surface area contributed by atoms with E-state index >= 15 is 0 Å². The lowest BCUT2D eigenvalue weighted by molar-refractivity contribution is 0.0478. The first-order valence-electron chi connectivity index (χ1n) is 7.40. The molecule has 0 fully saturated rings. The molecule has 1 aromatic rings. The Hall–Kier alpha value is -1.22. The fraction of sp³-hybridized carbons (Fsp3) is 0.647. The van der Waals surface area contributed by atoms with Crippen LogP contribution in [0.4, 0.5) is 0 Å². The standard InChI is InChI=1S/C17H26O3/c1-11-12(2)16-14(13(3)15(11)19-5)7-9-17(4,20-16)8-6-10-18/h18H,6-10H2,1-5H3. The minimum Gasteiger partial charge on any atom is -0.496 e. The van der Waals surface area contributed by atoms with Crippen LogP contribution in [0.3, 0.4) is 0 Å². The summed E-state index contributed by atoms with van der Waals surface area (Å²) in [5, 5.41) is 9.05. The molecule has 0 bridgehead atoms. The molecule has 3 nitrogen and oxygen atoms in total. The van der Waals surface area contributed by atoms with Gasteiger partial charge in [0.2, 0.25) is 0 Å². The normalized spacial score (nSPS) is 21.3. The van der Waals surface area contributed by atoms with E-state index in [0.717, 1.165) is 42.7 Å². The third kappa shape index (κ3) is 2.51. The summed E-state index contributed by atoms with van der Waals surface area (Å²) in [4.78, 5) is 0. The quantitative estimate of drug-likeness (QED) is 0.916. The van der Waals surface area contributed by atoms with Crippen molar-refractivity contribution < 1.29 is 14.6 Å². The van der Waals surface area contributed by atoms with Crippen LogP contribution in [0.15, 0.2) is 0 Å². The number of aliphatic hydroxyl groups excluding tert-OH is 1. The zero-order chi connectivity index (χ0) is 14.9. The van der Waals surface area contributed by atoms with Gasteiger partial charge in [-0.2, -0.15) is 0 Å². The number of fused-ring (bicyclic) bond motifs is 1.